The van der Waals surface area contributed by atoms with Gasteiger partial charge in [0.05, 0.1) is 11.8 Å². The summed E-state index contributed by atoms with van der Waals surface area (Å²) in [5.41, 5.74) is 5.26. The van der Waals surface area contributed by atoms with E-state index in [9.17, 15) is 17.6 Å². The summed E-state index contributed by atoms with van der Waals surface area (Å²) in [5, 5.41) is 4.03. The smallest absolute Gasteiger partial charge is 0.318 e. The van der Waals surface area contributed by atoms with Crippen LogP contribution in [0, 0.1) is 19.7 Å². The maximum atomic E-state index is 13.1. The lowest BCUT2D eigenvalue weighted by molar-refractivity contribution is -0.137. The Kier molecular flexibility index (Phi) is 4.98. The van der Waals surface area contributed by atoms with Crippen molar-refractivity contribution < 1.29 is 17.6 Å². The number of aryl methyl sites for hydroxylation is 1. The number of pyridine rings is 1. The minimum atomic E-state index is -4.42. The number of hydrazone groups is 1. The summed E-state index contributed by atoms with van der Waals surface area (Å²) in [6, 6.07) is 10.2. The maximum Gasteiger partial charge on any atom is 0.417 e. The molecule has 3 aromatic rings. The zero-order valence-electron chi connectivity index (χ0n) is 14.5. The van der Waals surface area contributed by atoms with Crippen LogP contribution in [0.15, 0.2) is 53.8 Å². The molecule has 0 aliphatic heterocycles. The van der Waals surface area contributed by atoms with Gasteiger partial charge < -0.3 is 4.57 Å². The molecule has 0 amide bonds. The van der Waals surface area contributed by atoms with E-state index in [1.807, 2.05) is 24.5 Å². The third kappa shape index (κ3) is 4.16. The van der Waals surface area contributed by atoms with Crippen LogP contribution in [-0.4, -0.2) is 15.8 Å². The van der Waals surface area contributed by atoms with Crippen molar-refractivity contribution in [1.29, 1.82) is 0 Å². The molecule has 8 heteroatoms. The highest BCUT2D eigenvalue weighted by molar-refractivity contribution is 5.82. The van der Waals surface area contributed by atoms with Crippen LogP contribution in [0.25, 0.3) is 5.69 Å². The first-order valence-electron chi connectivity index (χ1n) is 8.03. The van der Waals surface area contributed by atoms with Gasteiger partial charge in [-0.1, -0.05) is 0 Å². The molecule has 2 aromatic heterocycles. The molecule has 0 bridgehead atoms. The van der Waals surface area contributed by atoms with Crippen molar-refractivity contribution in [3.05, 3.63) is 77.0 Å². The molecule has 2 heterocycles. The molecule has 0 aliphatic rings. The van der Waals surface area contributed by atoms with Crippen LogP contribution in [0.5, 0.6) is 0 Å². The highest BCUT2D eigenvalue weighted by Crippen LogP contribution is 2.28. The van der Waals surface area contributed by atoms with Gasteiger partial charge >= 0.3 is 6.18 Å². The molecule has 4 nitrogen and oxygen atoms in total. The van der Waals surface area contributed by atoms with E-state index in [0.717, 1.165) is 34.9 Å². The van der Waals surface area contributed by atoms with Crippen LogP contribution >= 0.6 is 0 Å². The molecule has 0 spiro atoms. The second-order valence-electron chi connectivity index (χ2n) is 5.94. The number of hydrogen-bond donors (Lipinski definition) is 1. The SMILES string of the molecule is Cc1cc(/C=N\Nc2ccc(C(F)(F)F)cn2)c(C)n1-c1ccc(F)cc1. The Labute approximate surface area is 153 Å². The van der Waals surface area contributed by atoms with Crippen LogP contribution in [0.3, 0.4) is 0 Å². The van der Waals surface area contributed by atoms with Crippen LogP contribution < -0.4 is 5.43 Å². The number of nitrogens with one attached hydrogen (secondary N) is 1. The molecule has 0 aliphatic carbocycles. The zero-order valence-corrected chi connectivity index (χ0v) is 14.5. The Balaban J connectivity index is 1.76. The second kappa shape index (κ2) is 7.22. The molecule has 1 N–H and O–H groups in total. The van der Waals surface area contributed by atoms with Crippen LogP contribution in [0.2, 0.25) is 0 Å². The number of rotatable bonds is 4. The highest BCUT2D eigenvalue weighted by Gasteiger charge is 2.30. The minimum Gasteiger partial charge on any atom is -0.318 e. The summed E-state index contributed by atoms with van der Waals surface area (Å²) in [5.74, 6) is -0.108. The summed E-state index contributed by atoms with van der Waals surface area (Å²) >= 11 is 0. The van der Waals surface area contributed by atoms with Gasteiger partial charge in [-0.2, -0.15) is 18.3 Å². The van der Waals surface area contributed by atoms with Crippen molar-refractivity contribution in [3.8, 4) is 5.69 Å². The molecular weight excluding hydrogens is 360 g/mol. The fourth-order valence-corrected chi connectivity index (χ4v) is 2.70. The molecule has 0 unspecified atom stereocenters. The zero-order chi connectivity index (χ0) is 19.6. The summed E-state index contributed by atoms with van der Waals surface area (Å²) < 4.78 is 52.7. The number of aromatic nitrogens is 2. The molecule has 3 rings (SSSR count). The molecular formula is C19H16F4N4. The summed E-state index contributed by atoms with van der Waals surface area (Å²) in [4.78, 5) is 3.69. The molecule has 27 heavy (non-hydrogen) atoms. The summed E-state index contributed by atoms with van der Waals surface area (Å²) in [7, 11) is 0. The average molecular weight is 376 g/mol. The van der Waals surface area contributed by atoms with Gasteiger partial charge in [-0.05, 0) is 56.3 Å². The first-order chi connectivity index (χ1) is 12.8. The van der Waals surface area contributed by atoms with E-state index in [-0.39, 0.29) is 11.6 Å². The number of alkyl halides is 3. The van der Waals surface area contributed by atoms with Crippen molar-refractivity contribution >= 4 is 12.0 Å². The quantitative estimate of drug-likeness (QED) is 0.391. The van der Waals surface area contributed by atoms with Gasteiger partial charge in [0.25, 0.3) is 0 Å². The normalized spacial score (nSPS) is 11.9. The predicted octanol–water partition coefficient (Wildman–Crippen LogP) is 5.09. The Morgan fingerprint density at radius 3 is 2.37 bits per heavy atom. The van der Waals surface area contributed by atoms with Gasteiger partial charge in [0.1, 0.15) is 11.6 Å². The lowest BCUT2D eigenvalue weighted by atomic mass is 10.2. The van der Waals surface area contributed by atoms with Gasteiger partial charge in [-0.25, -0.2) is 9.37 Å². The fraction of sp³-hybridized carbons (Fsp3) is 0.158. The summed E-state index contributed by atoms with van der Waals surface area (Å²) in [6.45, 7) is 3.81. The van der Waals surface area contributed by atoms with E-state index in [0.29, 0.717) is 0 Å². The van der Waals surface area contributed by atoms with Gasteiger partial charge in [0.2, 0.25) is 0 Å². The first kappa shape index (κ1) is 18.6. The molecule has 0 radical (unpaired) electrons. The minimum absolute atomic E-state index is 0.201. The first-order valence-corrected chi connectivity index (χ1v) is 8.03. The van der Waals surface area contributed by atoms with E-state index in [4.69, 9.17) is 0 Å². The molecule has 0 fully saturated rings. The van der Waals surface area contributed by atoms with Crippen molar-refractivity contribution in [2.75, 3.05) is 5.43 Å². The highest BCUT2D eigenvalue weighted by atomic mass is 19.4. The Bertz CT molecular complexity index is 955. The maximum absolute atomic E-state index is 13.1. The van der Waals surface area contributed by atoms with Crippen molar-refractivity contribution in [3.63, 3.8) is 0 Å². The van der Waals surface area contributed by atoms with Gasteiger partial charge in [0, 0.05) is 28.8 Å². The monoisotopic (exact) mass is 376 g/mol. The standard InChI is InChI=1S/C19H16F4N4/c1-12-9-14(13(2)27(12)17-6-4-16(20)5-7-17)10-25-26-18-8-3-15(11-24-18)19(21,22)23/h3-11H,1-2H3,(H,24,26)/b25-10-. The second-order valence-corrected chi connectivity index (χ2v) is 5.94. The van der Waals surface area contributed by atoms with E-state index >= 15 is 0 Å². The molecule has 1 aromatic carbocycles. The van der Waals surface area contributed by atoms with Crippen LogP contribution in [-0.2, 0) is 6.18 Å². The average Bonchev–Trinajstić information content (AvgIpc) is 2.89. The van der Waals surface area contributed by atoms with Crippen LogP contribution in [0.4, 0.5) is 23.4 Å². The molecule has 140 valence electrons. The Morgan fingerprint density at radius 1 is 1.07 bits per heavy atom. The van der Waals surface area contributed by atoms with E-state index in [1.165, 1.54) is 18.2 Å². The van der Waals surface area contributed by atoms with Gasteiger partial charge in [0.15, 0.2) is 0 Å². The van der Waals surface area contributed by atoms with Crippen molar-refractivity contribution in [2.24, 2.45) is 5.10 Å². The third-order valence-electron chi connectivity index (χ3n) is 4.03. The van der Waals surface area contributed by atoms with E-state index < -0.39 is 11.7 Å². The largest absolute Gasteiger partial charge is 0.417 e. The molecule has 0 saturated heterocycles. The van der Waals surface area contributed by atoms with Gasteiger partial charge in [-0.15, -0.1) is 0 Å². The number of anilines is 1. The summed E-state index contributed by atoms with van der Waals surface area (Å²) in [6.07, 6.45) is -2.12. The van der Waals surface area contributed by atoms with E-state index in [1.54, 1.807) is 18.3 Å². The number of benzene rings is 1. The lowest BCUT2D eigenvalue weighted by Crippen LogP contribution is -2.05. The van der Waals surface area contributed by atoms with Crippen LogP contribution in [0.1, 0.15) is 22.5 Å². The van der Waals surface area contributed by atoms with Crippen molar-refractivity contribution in [2.45, 2.75) is 20.0 Å². The molecule has 0 atom stereocenters. The lowest BCUT2D eigenvalue weighted by Gasteiger charge is -2.09. The fourth-order valence-electron chi connectivity index (χ4n) is 2.70. The number of hydrogen-bond acceptors (Lipinski definition) is 3. The Morgan fingerprint density at radius 2 is 1.78 bits per heavy atom. The predicted molar refractivity (Wildman–Crippen MR) is 95.7 cm³/mol. The third-order valence-corrected chi connectivity index (χ3v) is 4.03. The van der Waals surface area contributed by atoms with Gasteiger partial charge in [-0.3, -0.25) is 5.43 Å². The molecule has 0 saturated carbocycles. The Hall–Kier alpha value is -3.16. The van der Waals surface area contributed by atoms with Crippen molar-refractivity contribution in [1.82, 2.24) is 9.55 Å². The topological polar surface area (TPSA) is 42.2 Å². The number of nitrogens with zero attached hydrogens (tertiary/aromatic N) is 3. The number of halogens is 4. The van der Waals surface area contributed by atoms with E-state index in [2.05, 4.69) is 15.5 Å².